The molecule has 0 bridgehead atoms. The quantitative estimate of drug-likeness (QED) is 0.615. The molecule has 0 fully saturated rings. The van der Waals surface area contributed by atoms with Crippen molar-refractivity contribution in [3.63, 3.8) is 0 Å². The Balaban J connectivity index is 2.37. The van der Waals surface area contributed by atoms with Crippen LogP contribution < -0.4 is 4.74 Å². The highest BCUT2D eigenvalue weighted by Crippen LogP contribution is 2.29. The predicted octanol–water partition coefficient (Wildman–Crippen LogP) is 3.85. The van der Waals surface area contributed by atoms with Crippen LogP contribution in [0.15, 0.2) is 30.5 Å². The molecule has 0 saturated carbocycles. The highest BCUT2D eigenvalue weighted by molar-refractivity contribution is 5.78. The number of nitrogens with zero attached hydrogens (tertiary/aromatic N) is 2. The van der Waals surface area contributed by atoms with Crippen molar-refractivity contribution in [3.05, 3.63) is 58.7 Å². The molecule has 1 aromatic carbocycles. The van der Waals surface area contributed by atoms with Crippen LogP contribution in [0.4, 0.5) is 5.69 Å². The maximum absolute atomic E-state index is 10.9. The minimum absolute atomic E-state index is 0.512. The molecule has 0 radical (unpaired) electrons. The lowest BCUT2D eigenvalue weighted by molar-refractivity contribution is 0.112. The highest BCUT2D eigenvalue weighted by atomic mass is 16.5. The van der Waals surface area contributed by atoms with Crippen LogP contribution in [0.2, 0.25) is 0 Å². The molecule has 0 atom stereocenters. The Hall–Kier alpha value is -2.67. The maximum Gasteiger partial charge on any atom is 0.187 e. The van der Waals surface area contributed by atoms with E-state index in [0.717, 1.165) is 17.5 Å². The topological polar surface area (TPSA) is 43.5 Å². The van der Waals surface area contributed by atoms with Crippen LogP contribution in [0.3, 0.4) is 0 Å². The zero-order valence-electron chi connectivity index (χ0n) is 10.7. The molecular formula is C15H12N2O2. The smallest absolute Gasteiger partial charge is 0.187 e. The summed E-state index contributed by atoms with van der Waals surface area (Å²) in [6.45, 7) is 10.5. The third-order valence-electron chi connectivity index (χ3n) is 2.81. The lowest BCUT2D eigenvalue weighted by Crippen LogP contribution is -1.98. The van der Waals surface area contributed by atoms with E-state index in [2.05, 4.69) is 9.83 Å². The molecule has 19 heavy (non-hydrogen) atoms. The summed E-state index contributed by atoms with van der Waals surface area (Å²) in [6, 6.07) is 6.81. The highest BCUT2D eigenvalue weighted by Gasteiger charge is 2.10. The molecule has 1 aromatic heterocycles. The van der Waals surface area contributed by atoms with Gasteiger partial charge in [0, 0.05) is 17.3 Å². The average Bonchev–Trinajstić information content (AvgIpc) is 2.44. The molecule has 0 amide bonds. The van der Waals surface area contributed by atoms with E-state index in [0.29, 0.717) is 22.7 Å². The second-order valence-corrected chi connectivity index (χ2v) is 4.08. The Morgan fingerprint density at radius 3 is 2.53 bits per heavy atom. The number of benzene rings is 1. The van der Waals surface area contributed by atoms with E-state index in [9.17, 15) is 4.79 Å². The Bertz CT molecular complexity index is 655. The molecule has 2 rings (SSSR count). The van der Waals surface area contributed by atoms with E-state index in [1.54, 1.807) is 24.3 Å². The SMILES string of the molecule is [C-]#[N+]c1ccc(Oc2c(C)ncc(C=O)c2C)cc1. The number of aryl methyl sites for hydroxylation is 1. The number of aromatic nitrogens is 1. The fourth-order valence-corrected chi connectivity index (χ4v) is 1.70. The van der Waals surface area contributed by atoms with Gasteiger partial charge in [0.1, 0.15) is 5.75 Å². The zero-order chi connectivity index (χ0) is 13.8. The van der Waals surface area contributed by atoms with Crippen molar-refractivity contribution in [2.75, 3.05) is 0 Å². The first-order valence-corrected chi connectivity index (χ1v) is 5.72. The van der Waals surface area contributed by atoms with Crippen molar-refractivity contribution in [1.29, 1.82) is 0 Å². The average molecular weight is 252 g/mol. The molecule has 0 aliphatic rings. The van der Waals surface area contributed by atoms with Crippen LogP contribution in [-0.4, -0.2) is 11.3 Å². The fraction of sp³-hybridized carbons (Fsp3) is 0.133. The van der Waals surface area contributed by atoms with Gasteiger partial charge < -0.3 is 4.74 Å². The van der Waals surface area contributed by atoms with Gasteiger partial charge in [-0.3, -0.25) is 9.78 Å². The second-order valence-electron chi connectivity index (χ2n) is 4.08. The van der Waals surface area contributed by atoms with E-state index >= 15 is 0 Å². The summed E-state index contributed by atoms with van der Waals surface area (Å²) in [5.74, 6) is 1.20. The van der Waals surface area contributed by atoms with Crippen LogP contribution in [0.5, 0.6) is 11.5 Å². The van der Waals surface area contributed by atoms with Crippen molar-refractivity contribution in [1.82, 2.24) is 4.98 Å². The minimum Gasteiger partial charge on any atom is -0.455 e. The molecule has 94 valence electrons. The summed E-state index contributed by atoms with van der Waals surface area (Å²) in [4.78, 5) is 18.4. The van der Waals surface area contributed by atoms with Gasteiger partial charge in [-0.05, 0) is 26.0 Å². The molecule has 1 heterocycles. The van der Waals surface area contributed by atoms with Gasteiger partial charge >= 0.3 is 0 Å². The minimum atomic E-state index is 0.512. The number of aldehydes is 1. The standard InChI is InChI=1S/C15H12N2O2/c1-10-12(9-18)8-17-11(2)15(10)19-14-6-4-13(16-3)5-7-14/h4-9H,1-2H3. The molecule has 0 saturated heterocycles. The molecular weight excluding hydrogens is 240 g/mol. The Morgan fingerprint density at radius 1 is 1.26 bits per heavy atom. The van der Waals surface area contributed by atoms with Gasteiger partial charge in [0.05, 0.1) is 12.3 Å². The normalized spacial score (nSPS) is 9.74. The number of ether oxygens (including phenoxy) is 1. The van der Waals surface area contributed by atoms with Crippen LogP contribution in [0.25, 0.3) is 4.85 Å². The number of rotatable bonds is 3. The first-order chi connectivity index (χ1) is 9.15. The Morgan fingerprint density at radius 2 is 1.95 bits per heavy atom. The Kier molecular flexibility index (Phi) is 3.58. The monoisotopic (exact) mass is 252 g/mol. The van der Waals surface area contributed by atoms with Crippen LogP contribution >= 0.6 is 0 Å². The number of pyridine rings is 1. The number of carbonyl (C=O) groups excluding carboxylic acids is 1. The van der Waals surface area contributed by atoms with E-state index in [1.165, 1.54) is 6.20 Å². The van der Waals surface area contributed by atoms with Gasteiger partial charge in [-0.2, -0.15) is 0 Å². The Labute approximate surface area is 111 Å². The van der Waals surface area contributed by atoms with Crippen LogP contribution in [0.1, 0.15) is 21.6 Å². The zero-order valence-corrected chi connectivity index (χ0v) is 10.7. The predicted molar refractivity (Wildman–Crippen MR) is 71.9 cm³/mol. The first kappa shape index (κ1) is 12.8. The van der Waals surface area contributed by atoms with Crippen molar-refractivity contribution in [3.8, 4) is 11.5 Å². The van der Waals surface area contributed by atoms with Gasteiger partial charge in [0.2, 0.25) is 0 Å². The van der Waals surface area contributed by atoms with Gasteiger partial charge in [0.15, 0.2) is 17.7 Å². The van der Waals surface area contributed by atoms with E-state index in [4.69, 9.17) is 11.3 Å². The van der Waals surface area contributed by atoms with Crippen molar-refractivity contribution < 1.29 is 9.53 Å². The van der Waals surface area contributed by atoms with E-state index in [-0.39, 0.29) is 0 Å². The molecule has 4 heteroatoms. The van der Waals surface area contributed by atoms with Crippen LogP contribution in [0, 0.1) is 20.4 Å². The molecule has 0 aliphatic heterocycles. The van der Waals surface area contributed by atoms with Crippen molar-refractivity contribution >= 4 is 12.0 Å². The van der Waals surface area contributed by atoms with Gasteiger partial charge in [-0.1, -0.05) is 12.1 Å². The number of hydrogen-bond donors (Lipinski definition) is 0. The molecule has 0 unspecified atom stereocenters. The van der Waals surface area contributed by atoms with Gasteiger partial charge in [-0.25, -0.2) is 4.85 Å². The van der Waals surface area contributed by atoms with E-state index in [1.807, 2.05) is 13.8 Å². The lowest BCUT2D eigenvalue weighted by Gasteiger charge is -2.12. The largest absolute Gasteiger partial charge is 0.455 e. The van der Waals surface area contributed by atoms with E-state index < -0.39 is 0 Å². The number of hydrogen-bond acceptors (Lipinski definition) is 3. The summed E-state index contributed by atoms with van der Waals surface area (Å²) in [5, 5.41) is 0. The summed E-state index contributed by atoms with van der Waals surface area (Å²) in [6.07, 6.45) is 2.29. The third-order valence-corrected chi connectivity index (χ3v) is 2.81. The van der Waals surface area contributed by atoms with Crippen molar-refractivity contribution in [2.45, 2.75) is 13.8 Å². The molecule has 2 aromatic rings. The first-order valence-electron chi connectivity index (χ1n) is 5.72. The fourth-order valence-electron chi connectivity index (χ4n) is 1.70. The van der Waals surface area contributed by atoms with Crippen LogP contribution in [-0.2, 0) is 0 Å². The lowest BCUT2D eigenvalue weighted by atomic mass is 10.1. The number of carbonyl (C=O) groups is 1. The molecule has 0 aliphatic carbocycles. The molecule has 0 spiro atoms. The third kappa shape index (κ3) is 2.61. The van der Waals surface area contributed by atoms with Crippen molar-refractivity contribution in [2.24, 2.45) is 0 Å². The summed E-state index contributed by atoms with van der Waals surface area (Å²) < 4.78 is 5.76. The van der Waals surface area contributed by atoms with Gasteiger partial charge in [0.25, 0.3) is 0 Å². The summed E-state index contributed by atoms with van der Waals surface area (Å²) in [5.41, 5.74) is 2.55. The van der Waals surface area contributed by atoms with Gasteiger partial charge in [-0.15, -0.1) is 0 Å². The maximum atomic E-state index is 10.9. The molecule has 0 N–H and O–H groups in total. The summed E-state index contributed by atoms with van der Waals surface area (Å²) in [7, 11) is 0. The second kappa shape index (κ2) is 5.32. The summed E-state index contributed by atoms with van der Waals surface area (Å²) >= 11 is 0. The molecule has 4 nitrogen and oxygen atoms in total.